The monoisotopic (exact) mass is 432 g/mol. The lowest BCUT2D eigenvalue weighted by Gasteiger charge is -2.23. The second-order valence-electron chi connectivity index (χ2n) is 6.16. The van der Waals surface area contributed by atoms with E-state index in [-0.39, 0.29) is 22.7 Å². The number of benzene rings is 2. The third kappa shape index (κ3) is 6.63. The third-order valence-corrected chi connectivity index (χ3v) is 3.96. The van der Waals surface area contributed by atoms with Crippen molar-refractivity contribution >= 4 is 35.3 Å². The lowest BCUT2D eigenvalue weighted by Crippen LogP contribution is -2.35. The molecule has 0 amide bonds. The van der Waals surface area contributed by atoms with Crippen molar-refractivity contribution in [2.24, 2.45) is 0 Å². The van der Waals surface area contributed by atoms with Gasteiger partial charge < -0.3 is 35.0 Å². The molecule has 2 aromatic rings. The Morgan fingerprint density at radius 3 is 2.19 bits per heavy atom. The summed E-state index contributed by atoms with van der Waals surface area (Å²) in [6, 6.07) is 10.1. The lowest BCUT2D eigenvalue weighted by molar-refractivity contribution is -0.136. The van der Waals surface area contributed by atoms with E-state index in [0.717, 1.165) is 4.90 Å². The highest BCUT2D eigenvalue weighted by Gasteiger charge is 2.21. The second kappa shape index (κ2) is 10.5. The highest BCUT2D eigenvalue weighted by molar-refractivity contribution is 5.95. The Morgan fingerprint density at radius 1 is 0.968 bits per heavy atom. The summed E-state index contributed by atoms with van der Waals surface area (Å²) in [7, 11) is 1.37. The smallest absolute Gasteiger partial charge is 0.337 e. The first-order valence-corrected chi connectivity index (χ1v) is 8.84. The Balaban J connectivity index is 2.24. The molecule has 11 heteroatoms. The summed E-state index contributed by atoms with van der Waals surface area (Å²) in [4.78, 5) is 46.9. The maximum atomic E-state index is 12.4. The molecule has 0 aliphatic carbocycles. The van der Waals surface area contributed by atoms with E-state index in [2.05, 4.69) is 5.32 Å². The van der Waals surface area contributed by atoms with Crippen molar-refractivity contribution in [3.05, 3.63) is 48.0 Å². The molecule has 11 nitrogen and oxygen atoms in total. The van der Waals surface area contributed by atoms with Crippen LogP contribution >= 0.6 is 0 Å². The number of nitrogens with one attached hydrogen (secondary N) is 1. The molecular weight excluding hydrogens is 412 g/mol. The van der Waals surface area contributed by atoms with Crippen LogP contribution in [0.3, 0.4) is 0 Å². The van der Waals surface area contributed by atoms with Crippen molar-refractivity contribution in [3.63, 3.8) is 0 Å². The van der Waals surface area contributed by atoms with Crippen molar-refractivity contribution in [1.29, 1.82) is 0 Å². The SMILES string of the molecule is COc1ccc(N(CC(=O)O)CC(=O)O)c(OC(=O)CNc2ccccc2C(=O)O)c1. The normalized spacial score (nSPS) is 10.1. The van der Waals surface area contributed by atoms with E-state index in [1.807, 2.05) is 0 Å². The van der Waals surface area contributed by atoms with Crippen molar-refractivity contribution in [3.8, 4) is 11.5 Å². The molecule has 0 spiro atoms. The number of para-hydroxylation sites is 1. The van der Waals surface area contributed by atoms with Gasteiger partial charge in [-0.1, -0.05) is 12.1 Å². The van der Waals surface area contributed by atoms with Crippen molar-refractivity contribution in [1.82, 2.24) is 0 Å². The number of hydrogen-bond acceptors (Lipinski definition) is 8. The molecule has 31 heavy (non-hydrogen) atoms. The molecular formula is C20H20N2O9. The average Bonchev–Trinajstić information content (AvgIpc) is 2.71. The molecule has 0 aliphatic rings. The minimum Gasteiger partial charge on any atom is -0.497 e. The first-order valence-electron chi connectivity index (χ1n) is 8.84. The summed E-state index contributed by atoms with van der Waals surface area (Å²) in [6.45, 7) is -1.69. The molecule has 4 N–H and O–H groups in total. The number of rotatable bonds is 11. The minimum atomic E-state index is -1.28. The topological polar surface area (TPSA) is 163 Å². The van der Waals surface area contributed by atoms with E-state index < -0.39 is 43.5 Å². The van der Waals surface area contributed by atoms with Gasteiger partial charge in [0.05, 0.1) is 18.4 Å². The number of carboxylic acid groups (broad SMARTS) is 3. The zero-order valence-electron chi connectivity index (χ0n) is 16.4. The fraction of sp³-hybridized carbons (Fsp3) is 0.200. The van der Waals surface area contributed by atoms with Crippen LogP contribution < -0.4 is 19.7 Å². The number of anilines is 2. The molecule has 0 saturated heterocycles. The van der Waals surface area contributed by atoms with Crippen LogP contribution in [0, 0.1) is 0 Å². The number of carbonyl (C=O) groups excluding carboxylic acids is 1. The standard InChI is InChI=1S/C20H20N2O9/c1-30-12-6-7-15(22(10-17(23)24)11-18(25)26)16(8-12)31-19(27)9-21-14-5-3-2-4-13(14)20(28)29/h2-8,21H,9-11H2,1H3,(H,23,24)(H,25,26)(H,28,29). The largest absolute Gasteiger partial charge is 0.497 e. The summed E-state index contributed by atoms with van der Waals surface area (Å²) >= 11 is 0. The van der Waals surface area contributed by atoms with E-state index in [1.54, 1.807) is 6.07 Å². The molecule has 0 bridgehead atoms. The Hall–Kier alpha value is -4.28. The summed E-state index contributed by atoms with van der Waals surface area (Å²) in [5, 5.41) is 30.0. The molecule has 0 unspecified atom stereocenters. The van der Waals surface area contributed by atoms with E-state index in [9.17, 15) is 24.3 Å². The van der Waals surface area contributed by atoms with Crippen LogP contribution in [0.4, 0.5) is 11.4 Å². The van der Waals surface area contributed by atoms with Gasteiger partial charge in [0.15, 0.2) is 5.75 Å². The third-order valence-electron chi connectivity index (χ3n) is 3.96. The van der Waals surface area contributed by atoms with Gasteiger partial charge in [0, 0.05) is 11.8 Å². The Bertz CT molecular complexity index is 974. The summed E-state index contributed by atoms with van der Waals surface area (Å²) in [6.07, 6.45) is 0. The van der Waals surface area contributed by atoms with E-state index >= 15 is 0 Å². The number of nitrogens with zero attached hydrogens (tertiary/aromatic N) is 1. The average molecular weight is 432 g/mol. The van der Waals surface area contributed by atoms with Gasteiger partial charge in [-0.2, -0.15) is 0 Å². The van der Waals surface area contributed by atoms with Gasteiger partial charge in [-0.05, 0) is 24.3 Å². The Morgan fingerprint density at radius 2 is 1.61 bits per heavy atom. The predicted octanol–water partition coefficient (Wildman–Crippen LogP) is 1.39. The predicted molar refractivity (Wildman–Crippen MR) is 108 cm³/mol. The lowest BCUT2D eigenvalue weighted by atomic mass is 10.2. The van der Waals surface area contributed by atoms with Gasteiger partial charge in [0.1, 0.15) is 25.4 Å². The number of aliphatic carboxylic acids is 2. The van der Waals surface area contributed by atoms with Crippen LogP contribution in [0.2, 0.25) is 0 Å². The summed E-state index contributed by atoms with van der Waals surface area (Å²) < 4.78 is 10.4. The van der Waals surface area contributed by atoms with Gasteiger partial charge in [-0.15, -0.1) is 0 Å². The second-order valence-corrected chi connectivity index (χ2v) is 6.16. The number of hydrogen-bond donors (Lipinski definition) is 4. The summed E-state index contributed by atoms with van der Waals surface area (Å²) in [5.74, 6) is -4.37. The maximum Gasteiger partial charge on any atom is 0.337 e. The fourth-order valence-electron chi connectivity index (χ4n) is 2.67. The maximum absolute atomic E-state index is 12.4. The van der Waals surface area contributed by atoms with Gasteiger partial charge >= 0.3 is 23.9 Å². The van der Waals surface area contributed by atoms with E-state index in [0.29, 0.717) is 5.75 Å². The van der Waals surface area contributed by atoms with Crippen molar-refractivity contribution in [2.75, 3.05) is 37.0 Å². The van der Waals surface area contributed by atoms with Crippen molar-refractivity contribution in [2.45, 2.75) is 0 Å². The first kappa shape index (κ1) is 23.0. The zero-order chi connectivity index (χ0) is 23.0. The Labute approximate surface area is 176 Å². The summed E-state index contributed by atoms with van der Waals surface area (Å²) in [5.41, 5.74) is 0.229. The van der Waals surface area contributed by atoms with Crippen molar-refractivity contribution < 1.29 is 44.0 Å². The quantitative estimate of drug-likeness (QED) is 0.300. The molecule has 0 aromatic heterocycles. The van der Waals surface area contributed by atoms with Crippen LogP contribution in [-0.4, -0.2) is 65.9 Å². The Kier molecular flexibility index (Phi) is 7.78. The fourth-order valence-corrected chi connectivity index (χ4v) is 2.67. The first-order chi connectivity index (χ1) is 14.7. The molecule has 0 heterocycles. The molecule has 0 saturated carbocycles. The van der Waals surface area contributed by atoms with Crippen LogP contribution in [0.15, 0.2) is 42.5 Å². The highest BCUT2D eigenvalue weighted by Crippen LogP contribution is 2.32. The molecule has 2 rings (SSSR count). The number of aromatic carboxylic acids is 1. The number of esters is 1. The van der Waals surface area contributed by atoms with Crippen LogP contribution in [0.25, 0.3) is 0 Å². The molecule has 0 atom stereocenters. The molecule has 0 radical (unpaired) electrons. The van der Waals surface area contributed by atoms with Crippen LogP contribution in [-0.2, 0) is 14.4 Å². The minimum absolute atomic E-state index is 0.0357. The van der Waals surface area contributed by atoms with Crippen LogP contribution in [0.1, 0.15) is 10.4 Å². The van der Waals surface area contributed by atoms with Crippen LogP contribution in [0.5, 0.6) is 11.5 Å². The molecule has 164 valence electrons. The van der Waals surface area contributed by atoms with E-state index in [4.69, 9.17) is 19.7 Å². The van der Waals surface area contributed by atoms with Gasteiger partial charge in [-0.25, -0.2) is 9.59 Å². The highest BCUT2D eigenvalue weighted by atomic mass is 16.5. The number of carbonyl (C=O) groups is 4. The number of ether oxygens (including phenoxy) is 2. The molecule has 2 aromatic carbocycles. The van der Waals surface area contributed by atoms with Gasteiger partial charge in [0.25, 0.3) is 0 Å². The van der Waals surface area contributed by atoms with Gasteiger partial charge in [-0.3, -0.25) is 9.59 Å². The number of carboxylic acids is 3. The molecule has 0 aliphatic heterocycles. The number of methoxy groups -OCH3 is 1. The molecule has 0 fully saturated rings. The van der Waals surface area contributed by atoms with Gasteiger partial charge in [0.2, 0.25) is 0 Å². The van der Waals surface area contributed by atoms with E-state index in [1.165, 1.54) is 43.5 Å². The zero-order valence-corrected chi connectivity index (χ0v) is 16.4.